The fourth-order valence-electron chi connectivity index (χ4n) is 5.02. The molecule has 1 aliphatic heterocycles. The number of rotatable bonds is 6. The zero-order chi connectivity index (χ0) is 18.6. The Hall–Kier alpha value is -1.91. The molecule has 0 radical (unpaired) electrons. The summed E-state index contributed by atoms with van der Waals surface area (Å²) in [6.07, 6.45) is 10.1. The van der Waals surface area contributed by atoms with Crippen LogP contribution in [-0.4, -0.2) is 28.8 Å². The average molecular weight is 367 g/mol. The average Bonchev–Trinajstić information content (AvgIpc) is 3.13. The van der Waals surface area contributed by atoms with Gasteiger partial charge in [0.15, 0.2) is 0 Å². The van der Waals surface area contributed by atoms with E-state index < -0.39 is 0 Å². The molecule has 0 amide bonds. The second-order valence-electron chi connectivity index (χ2n) is 8.26. The van der Waals surface area contributed by atoms with Crippen LogP contribution < -0.4 is 5.32 Å². The number of aromatic hydroxyl groups is 1. The Kier molecular flexibility index (Phi) is 5.46. The molecule has 1 aromatic heterocycles. The highest BCUT2D eigenvalue weighted by molar-refractivity contribution is 5.27. The fourth-order valence-corrected chi connectivity index (χ4v) is 5.02. The van der Waals surface area contributed by atoms with E-state index in [1.165, 1.54) is 31.4 Å². The Bertz CT molecular complexity index is 743. The van der Waals surface area contributed by atoms with E-state index in [2.05, 4.69) is 17.4 Å². The lowest BCUT2D eigenvalue weighted by molar-refractivity contribution is -0.104. The van der Waals surface area contributed by atoms with Crippen molar-refractivity contribution in [2.75, 3.05) is 13.2 Å². The maximum Gasteiger partial charge on any atom is 0.115 e. The Morgan fingerprint density at radius 1 is 1.07 bits per heavy atom. The number of phenolic OH excluding ortho intramolecular Hbond substituents is 1. The van der Waals surface area contributed by atoms with E-state index >= 15 is 0 Å². The number of pyridine rings is 1. The number of nitrogens with zero attached hydrogens (tertiary/aromatic N) is 1. The van der Waals surface area contributed by atoms with E-state index in [1.807, 2.05) is 30.5 Å². The van der Waals surface area contributed by atoms with Crippen LogP contribution in [0.5, 0.6) is 5.75 Å². The number of ether oxygens (including phenoxy) is 1. The molecule has 2 N–H and O–H groups in total. The summed E-state index contributed by atoms with van der Waals surface area (Å²) in [4.78, 5) is 4.76. The molecule has 1 saturated heterocycles. The molecule has 4 rings (SSSR count). The van der Waals surface area contributed by atoms with Gasteiger partial charge in [-0.05, 0) is 68.5 Å². The van der Waals surface area contributed by atoms with Crippen molar-refractivity contribution in [2.45, 2.75) is 62.5 Å². The largest absolute Gasteiger partial charge is 0.508 e. The molecule has 1 saturated carbocycles. The van der Waals surface area contributed by atoms with Crippen LogP contribution in [0.1, 0.15) is 56.2 Å². The van der Waals surface area contributed by atoms with Crippen molar-refractivity contribution >= 4 is 0 Å². The van der Waals surface area contributed by atoms with Gasteiger partial charge in [-0.1, -0.05) is 31.0 Å². The molecule has 1 aliphatic carbocycles. The first-order valence-corrected chi connectivity index (χ1v) is 10.2. The summed E-state index contributed by atoms with van der Waals surface area (Å²) in [6, 6.07) is 13.8. The van der Waals surface area contributed by atoms with Crippen molar-refractivity contribution in [3.05, 3.63) is 59.9 Å². The van der Waals surface area contributed by atoms with Crippen molar-refractivity contribution in [3.63, 3.8) is 0 Å². The van der Waals surface area contributed by atoms with Crippen LogP contribution in [0, 0.1) is 0 Å². The number of hydrogen-bond donors (Lipinski definition) is 2. The lowest BCUT2D eigenvalue weighted by atomic mass is 9.68. The third-order valence-corrected chi connectivity index (χ3v) is 6.39. The predicted octanol–water partition coefficient (Wildman–Crippen LogP) is 4.33. The molecule has 2 aromatic rings. The fraction of sp³-hybridized carbons (Fsp3) is 0.522. The van der Waals surface area contributed by atoms with Gasteiger partial charge < -0.3 is 15.2 Å². The summed E-state index contributed by atoms with van der Waals surface area (Å²) >= 11 is 0. The molecule has 27 heavy (non-hydrogen) atoms. The lowest BCUT2D eigenvalue weighted by Gasteiger charge is -2.46. The van der Waals surface area contributed by atoms with E-state index in [-0.39, 0.29) is 11.0 Å². The maximum atomic E-state index is 9.63. The van der Waals surface area contributed by atoms with Crippen molar-refractivity contribution in [1.82, 2.24) is 10.3 Å². The maximum absolute atomic E-state index is 9.63. The van der Waals surface area contributed by atoms with Crippen LogP contribution in [0.2, 0.25) is 0 Å². The Morgan fingerprint density at radius 3 is 2.74 bits per heavy atom. The minimum atomic E-state index is 0.0704. The number of benzene rings is 1. The summed E-state index contributed by atoms with van der Waals surface area (Å²) in [7, 11) is 0. The number of aromatic nitrogens is 1. The van der Waals surface area contributed by atoms with Gasteiger partial charge in [0, 0.05) is 30.5 Å². The van der Waals surface area contributed by atoms with Crippen molar-refractivity contribution in [1.29, 1.82) is 0 Å². The van der Waals surface area contributed by atoms with Crippen molar-refractivity contribution in [2.24, 2.45) is 0 Å². The first kappa shape index (κ1) is 18.5. The molecular weight excluding hydrogens is 336 g/mol. The van der Waals surface area contributed by atoms with Crippen LogP contribution in [0.15, 0.2) is 48.7 Å². The zero-order valence-electron chi connectivity index (χ0n) is 16.0. The predicted molar refractivity (Wildman–Crippen MR) is 107 cm³/mol. The summed E-state index contributed by atoms with van der Waals surface area (Å²) < 4.78 is 6.32. The normalized spacial score (nSPS) is 24.3. The zero-order valence-corrected chi connectivity index (χ0v) is 16.0. The molecular formula is C23H30N2O2. The highest BCUT2D eigenvalue weighted by Gasteiger charge is 2.48. The molecule has 1 spiro atoms. The molecule has 2 fully saturated rings. The number of phenols is 1. The van der Waals surface area contributed by atoms with Gasteiger partial charge in [0.2, 0.25) is 0 Å². The highest BCUT2D eigenvalue weighted by Crippen LogP contribution is 2.49. The van der Waals surface area contributed by atoms with Crippen molar-refractivity contribution < 1.29 is 9.84 Å². The molecule has 0 unspecified atom stereocenters. The third kappa shape index (κ3) is 4.17. The molecule has 4 nitrogen and oxygen atoms in total. The summed E-state index contributed by atoms with van der Waals surface area (Å²) in [5.74, 6) is 0.326. The van der Waals surface area contributed by atoms with Gasteiger partial charge in [0.05, 0.1) is 5.60 Å². The van der Waals surface area contributed by atoms with Gasteiger partial charge in [0.25, 0.3) is 0 Å². The van der Waals surface area contributed by atoms with Gasteiger partial charge in [-0.25, -0.2) is 0 Å². The molecule has 0 bridgehead atoms. The molecule has 4 heteroatoms. The number of nitrogens with one attached hydrogen (secondary N) is 1. The molecule has 2 heterocycles. The summed E-state index contributed by atoms with van der Waals surface area (Å²) in [6.45, 7) is 2.54. The van der Waals surface area contributed by atoms with Gasteiger partial charge >= 0.3 is 0 Å². The SMILES string of the molecule is Oc1cccc(CNCC[C@@]2(c3ccccn3)CCOC3(CCCC3)C2)c1. The summed E-state index contributed by atoms with van der Waals surface area (Å²) in [5, 5.41) is 13.2. The van der Waals surface area contributed by atoms with E-state index in [0.717, 1.165) is 44.5 Å². The van der Waals surface area contributed by atoms with E-state index in [4.69, 9.17) is 9.72 Å². The topological polar surface area (TPSA) is 54.4 Å². The molecule has 2 aliphatic rings. The van der Waals surface area contributed by atoms with E-state index in [1.54, 1.807) is 6.07 Å². The second kappa shape index (κ2) is 7.99. The molecule has 1 atom stereocenters. The van der Waals surface area contributed by atoms with Crippen LogP contribution in [0.25, 0.3) is 0 Å². The monoisotopic (exact) mass is 366 g/mol. The molecule has 144 valence electrons. The highest BCUT2D eigenvalue weighted by atomic mass is 16.5. The van der Waals surface area contributed by atoms with Gasteiger partial charge in [0.1, 0.15) is 5.75 Å². The van der Waals surface area contributed by atoms with Crippen LogP contribution in [-0.2, 0) is 16.7 Å². The quantitative estimate of drug-likeness (QED) is 0.747. The standard InChI is InChI=1S/C23H30N2O2/c26-20-7-5-6-19(16-20)17-24-14-11-22(21-8-1-4-13-25-21)12-15-27-23(18-22)9-2-3-10-23/h1,4-8,13,16,24,26H,2-3,9-12,14-15,17-18H2/t22-/m1/s1. The number of hydrogen-bond acceptors (Lipinski definition) is 4. The smallest absolute Gasteiger partial charge is 0.115 e. The van der Waals surface area contributed by atoms with Crippen molar-refractivity contribution in [3.8, 4) is 5.75 Å². The Morgan fingerprint density at radius 2 is 1.96 bits per heavy atom. The third-order valence-electron chi connectivity index (χ3n) is 6.39. The van der Waals surface area contributed by atoms with Crippen LogP contribution in [0.4, 0.5) is 0 Å². The van der Waals surface area contributed by atoms with Crippen LogP contribution >= 0.6 is 0 Å². The second-order valence-corrected chi connectivity index (χ2v) is 8.26. The lowest BCUT2D eigenvalue weighted by Crippen LogP contribution is -2.47. The van der Waals surface area contributed by atoms with Gasteiger partial charge in [-0.15, -0.1) is 0 Å². The van der Waals surface area contributed by atoms with E-state index in [9.17, 15) is 5.11 Å². The first-order valence-electron chi connectivity index (χ1n) is 10.2. The van der Waals surface area contributed by atoms with E-state index in [0.29, 0.717) is 5.75 Å². The van der Waals surface area contributed by atoms with Gasteiger partial charge in [-0.3, -0.25) is 4.98 Å². The Balaban J connectivity index is 1.45. The summed E-state index contributed by atoms with van der Waals surface area (Å²) in [5.41, 5.74) is 2.50. The minimum Gasteiger partial charge on any atom is -0.508 e. The first-order chi connectivity index (χ1) is 13.2. The van der Waals surface area contributed by atoms with Crippen LogP contribution in [0.3, 0.4) is 0 Å². The minimum absolute atomic E-state index is 0.0704. The Labute approximate surface area is 162 Å². The molecule has 1 aromatic carbocycles. The van der Waals surface area contributed by atoms with Gasteiger partial charge in [-0.2, -0.15) is 0 Å².